The monoisotopic (exact) mass is 240 g/mol. The Kier molecular flexibility index (Phi) is 4.73. The molecule has 3 heteroatoms. The van der Waals surface area contributed by atoms with Crippen LogP contribution in [0.25, 0.3) is 0 Å². The van der Waals surface area contributed by atoms with Gasteiger partial charge in [0.15, 0.2) is 0 Å². The molecule has 84 valence electrons. The quantitative estimate of drug-likeness (QED) is 0.724. The fourth-order valence-corrected chi connectivity index (χ4v) is 4.48. The van der Waals surface area contributed by atoms with Crippen molar-refractivity contribution in [1.29, 1.82) is 0 Å². The van der Waals surface area contributed by atoms with Gasteiger partial charge in [0.2, 0.25) is 0 Å². The largest absolute Gasteiger partial charge is 0.497 e. The molecule has 0 saturated heterocycles. The Morgan fingerprint density at radius 3 is 2.20 bits per heavy atom. The van der Waals surface area contributed by atoms with E-state index < -0.39 is 8.07 Å². The summed E-state index contributed by atoms with van der Waals surface area (Å²) in [6.07, 6.45) is 0. The average molecular weight is 240 g/mol. The first kappa shape index (κ1) is 12.7. The van der Waals surface area contributed by atoms with E-state index in [2.05, 4.69) is 31.8 Å². The molecule has 0 bridgehead atoms. The fourth-order valence-electron chi connectivity index (χ4n) is 1.20. The van der Waals surface area contributed by atoms with E-state index >= 15 is 0 Å². The van der Waals surface area contributed by atoms with E-state index in [1.165, 1.54) is 10.9 Å². The molecule has 0 aliphatic carbocycles. The summed E-state index contributed by atoms with van der Waals surface area (Å²) in [5.74, 6) is 2.06. The van der Waals surface area contributed by atoms with Gasteiger partial charge in [-0.1, -0.05) is 31.8 Å². The number of thioether (sulfide) groups is 1. The van der Waals surface area contributed by atoms with Gasteiger partial charge < -0.3 is 4.74 Å². The maximum atomic E-state index is 5.13. The van der Waals surface area contributed by atoms with Gasteiger partial charge in [-0.25, -0.2) is 0 Å². The minimum atomic E-state index is -0.891. The van der Waals surface area contributed by atoms with Crippen molar-refractivity contribution in [3.63, 3.8) is 0 Å². The maximum absolute atomic E-state index is 5.13. The number of rotatable bonds is 5. The zero-order valence-corrected chi connectivity index (χ0v) is 11.9. The van der Waals surface area contributed by atoms with Crippen LogP contribution in [0, 0.1) is 0 Å². The highest BCUT2D eigenvalue weighted by Crippen LogP contribution is 2.19. The highest BCUT2D eigenvalue weighted by molar-refractivity contribution is 8.00. The molecule has 1 rings (SSSR count). The summed E-state index contributed by atoms with van der Waals surface area (Å²) in [6.45, 7) is 7.23. The number of methoxy groups -OCH3 is 1. The number of benzene rings is 1. The number of hydrogen-bond acceptors (Lipinski definition) is 2. The first-order valence-corrected chi connectivity index (χ1v) is 10.1. The van der Waals surface area contributed by atoms with Crippen LogP contribution in [0.4, 0.5) is 0 Å². The van der Waals surface area contributed by atoms with Gasteiger partial charge >= 0.3 is 0 Å². The van der Waals surface area contributed by atoms with Gasteiger partial charge in [0.1, 0.15) is 5.75 Å². The molecule has 0 amide bonds. The van der Waals surface area contributed by atoms with Gasteiger partial charge in [-0.3, -0.25) is 0 Å². The fraction of sp³-hybridized carbons (Fsp3) is 0.500. The van der Waals surface area contributed by atoms with Gasteiger partial charge in [-0.05, 0) is 23.1 Å². The Bertz CT molecular complexity index is 289. The molecule has 1 nitrogen and oxygen atoms in total. The zero-order valence-electron chi connectivity index (χ0n) is 10.0. The van der Waals surface area contributed by atoms with E-state index in [4.69, 9.17) is 4.74 Å². The first-order chi connectivity index (χ1) is 7.01. The van der Waals surface area contributed by atoms with Gasteiger partial charge in [0, 0.05) is 5.75 Å². The van der Waals surface area contributed by atoms with Crippen LogP contribution < -0.4 is 4.74 Å². The number of hydrogen-bond donors (Lipinski definition) is 0. The predicted molar refractivity (Wildman–Crippen MR) is 72.5 cm³/mol. The second kappa shape index (κ2) is 5.61. The molecule has 0 radical (unpaired) electrons. The third kappa shape index (κ3) is 5.28. The zero-order chi connectivity index (χ0) is 11.3. The van der Waals surface area contributed by atoms with Gasteiger partial charge in [-0.2, -0.15) is 11.8 Å². The Labute approximate surface area is 98.2 Å². The molecule has 1 aromatic rings. The molecule has 0 saturated carbocycles. The van der Waals surface area contributed by atoms with Crippen molar-refractivity contribution in [1.82, 2.24) is 0 Å². The summed E-state index contributed by atoms with van der Waals surface area (Å²) in [7, 11) is 0.813. The van der Waals surface area contributed by atoms with Crippen LogP contribution in [0.15, 0.2) is 24.3 Å². The van der Waals surface area contributed by atoms with Crippen molar-refractivity contribution < 1.29 is 4.74 Å². The lowest BCUT2D eigenvalue weighted by molar-refractivity contribution is 0.414. The molecule has 15 heavy (non-hydrogen) atoms. The van der Waals surface area contributed by atoms with E-state index in [1.54, 1.807) is 7.11 Å². The molecule has 0 unspecified atom stereocenters. The van der Waals surface area contributed by atoms with Crippen LogP contribution in [-0.4, -0.2) is 20.6 Å². The summed E-state index contributed by atoms with van der Waals surface area (Å²) in [6, 6.07) is 8.36. The first-order valence-electron chi connectivity index (χ1n) is 5.22. The van der Waals surface area contributed by atoms with Crippen LogP contribution in [0.5, 0.6) is 5.75 Å². The van der Waals surface area contributed by atoms with E-state index in [9.17, 15) is 0 Å². The molecule has 0 heterocycles. The van der Waals surface area contributed by atoms with Crippen LogP contribution in [0.1, 0.15) is 5.56 Å². The second-order valence-corrected chi connectivity index (χ2v) is 11.9. The standard InChI is InChI=1S/C12H20OSSi/c1-13-12-7-5-11(6-8-12)9-14-10-15(2,3)4/h5-8H,9-10H2,1-4H3. The van der Waals surface area contributed by atoms with E-state index in [0.29, 0.717) is 0 Å². The van der Waals surface area contributed by atoms with Gasteiger partial charge in [-0.15, -0.1) is 0 Å². The third-order valence-corrected chi connectivity index (χ3v) is 6.78. The summed E-state index contributed by atoms with van der Waals surface area (Å²) in [4.78, 5) is 0. The molecule has 0 N–H and O–H groups in total. The van der Waals surface area contributed by atoms with E-state index in [1.807, 2.05) is 23.9 Å². The van der Waals surface area contributed by atoms with Crippen molar-refractivity contribution >= 4 is 19.8 Å². The third-order valence-electron chi connectivity index (χ3n) is 1.96. The maximum Gasteiger partial charge on any atom is 0.118 e. The lowest BCUT2D eigenvalue weighted by Crippen LogP contribution is -2.23. The molecule has 0 aromatic heterocycles. The van der Waals surface area contributed by atoms with E-state index in [0.717, 1.165) is 11.5 Å². The average Bonchev–Trinajstić information content (AvgIpc) is 2.17. The normalized spacial score (nSPS) is 11.5. The lowest BCUT2D eigenvalue weighted by Gasteiger charge is -2.14. The van der Waals surface area contributed by atoms with Crippen molar-refractivity contribution in [3.8, 4) is 5.75 Å². The summed E-state index contributed by atoms with van der Waals surface area (Å²) >= 11 is 2.05. The SMILES string of the molecule is COc1ccc(CSC[Si](C)(C)C)cc1. The highest BCUT2D eigenvalue weighted by Gasteiger charge is 2.12. The smallest absolute Gasteiger partial charge is 0.118 e. The van der Waals surface area contributed by atoms with Gasteiger partial charge in [0.25, 0.3) is 0 Å². The second-order valence-electron chi connectivity index (χ2n) is 4.90. The minimum absolute atomic E-state index is 0.891. The van der Waals surface area contributed by atoms with E-state index in [-0.39, 0.29) is 0 Å². The van der Waals surface area contributed by atoms with Crippen molar-refractivity contribution in [2.24, 2.45) is 0 Å². The molecule has 0 aliphatic heterocycles. The molecule has 0 spiro atoms. The summed E-state index contributed by atoms with van der Waals surface area (Å²) in [5.41, 5.74) is 1.39. The molecule has 0 aliphatic rings. The number of ether oxygens (including phenoxy) is 1. The Balaban J connectivity index is 2.38. The van der Waals surface area contributed by atoms with Crippen LogP contribution in [-0.2, 0) is 5.75 Å². The van der Waals surface area contributed by atoms with Crippen molar-refractivity contribution in [3.05, 3.63) is 29.8 Å². The topological polar surface area (TPSA) is 9.23 Å². The molecule has 1 aromatic carbocycles. The Morgan fingerprint density at radius 1 is 1.13 bits per heavy atom. The summed E-state index contributed by atoms with van der Waals surface area (Å²) in [5, 5.41) is 1.33. The van der Waals surface area contributed by atoms with Crippen LogP contribution >= 0.6 is 11.8 Å². The predicted octanol–water partition coefficient (Wildman–Crippen LogP) is 3.81. The minimum Gasteiger partial charge on any atom is -0.497 e. The molecule has 0 fully saturated rings. The van der Waals surface area contributed by atoms with Crippen LogP contribution in [0.3, 0.4) is 0 Å². The highest BCUT2D eigenvalue weighted by atomic mass is 32.2. The molecule has 0 atom stereocenters. The van der Waals surface area contributed by atoms with Crippen molar-refractivity contribution in [2.75, 3.05) is 12.5 Å². The Morgan fingerprint density at radius 2 is 1.73 bits per heavy atom. The van der Waals surface area contributed by atoms with Gasteiger partial charge in [0.05, 0.1) is 15.2 Å². The molecular weight excluding hydrogens is 220 g/mol. The van der Waals surface area contributed by atoms with Crippen molar-refractivity contribution in [2.45, 2.75) is 25.4 Å². The summed E-state index contributed by atoms with van der Waals surface area (Å²) < 4.78 is 5.13. The van der Waals surface area contributed by atoms with Crippen LogP contribution in [0.2, 0.25) is 19.6 Å². The molecular formula is C12H20OSSi. The Hall–Kier alpha value is -0.413. The lowest BCUT2D eigenvalue weighted by atomic mass is 10.2.